The number of terminal acetylenes is 1. The number of amides is 1. The van der Waals surface area contributed by atoms with E-state index in [1.165, 1.54) is 24.6 Å². The number of nitrogens with zero attached hydrogens (tertiary/aromatic N) is 3. The number of nitrogens with one attached hydrogen (secondary N) is 2. The second kappa shape index (κ2) is 10.0. The van der Waals surface area contributed by atoms with Crippen LogP contribution in [0.1, 0.15) is 73.5 Å². The van der Waals surface area contributed by atoms with Crippen molar-refractivity contribution in [2.45, 2.75) is 56.5 Å². The third kappa shape index (κ3) is 5.28. The number of benzene rings is 1. The molecule has 0 radical (unpaired) electrons. The number of hydrogen-bond acceptors (Lipinski definition) is 7. The van der Waals surface area contributed by atoms with Gasteiger partial charge >= 0.3 is 0 Å². The van der Waals surface area contributed by atoms with Crippen LogP contribution in [0.4, 0.5) is 11.9 Å². The first-order chi connectivity index (χ1) is 15.1. The summed E-state index contributed by atoms with van der Waals surface area (Å²) in [5.41, 5.74) is 8.26. The highest BCUT2D eigenvalue weighted by Gasteiger charge is 2.29. The van der Waals surface area contributed by atoms with Crippen molar-refractivity contribution in [1.82, 2.24) is 20.3 Å². The minimum atomic E-state index is -0.00865. The molecule has 0 aliphatic heterocycles. The van der Waals surface area contributed by atoms with E-state index < -0.39 is 0 Å². The summed E-state index contributed by atoms with van der Waals surface area (Å²) in [4.78, 5) is 25.7. The Balaban J connectivity index is 1.48. The Labute approximate surface area is 187 Å². The minimum Gasteiger partial charge on any atom is -0.368 e. The van der Waals surface area contributed by atoms with Crippen LogP contribution in [-0.2, 0) is 4.79 Å². The lowest BCUT2D eigenvalue weighted by Crippen LogP contribution is -2.34. The van der Waals surface area contributed by atoms with E-state index in [1.807, 2.05) is 12.1 Å². The molecule has 8 heteroatoms. The van der Waals surface area contributed by atoms with Gasteiger partial charge in [-0.3, -0.25) is 4.79 Å². The van der Waals surface area contributed by atoms with Gasteiger partial charge in [0.25, 0.3) is 0 Å². The maximum absolute atomic E-state index is 12.3. The van der Waals surface area contributed by atoms with E-state index in [9.17, 15) is 4.79 Å². The zero-order valence-electron chi connectivity index (χ0n) is 17.5. The second-order valence-corrected chi connectivity index (χ2v) is 9.06. The molecule has 1 fully saturated rings. The Morgan fingerprint density at radius 1 is 1.10 bits per heavy atom. The van der Waals surface area contributed by atoms with Crippen LogP contribution in [0.2, 0.25) is 0 Å². The van der Waals surface area contributed by atoms with Crippen molar-refractivity contribution < 1.29 is 4.79 Å². The van der Waals surface area contributed by atoms with E-state index in [0.717, 1.165) is 42.6 Å². The van der Waals surface area contributed by atoms with Crippen molar-refractivity contribution >= 4 is 29.6 Å². The monoisotopic (exact) mass is 436 g/mol. The average molecular weight is 437 g/mol. The number of hydrogen-bond donors (Lipinski definition) is 3. The molecule has 1 aromatic heterocycles. The fourth-order valence-corrected chi connectivity index (χ4v) is 5.01. The van der Waals surface area contributed by atoms with Crippen LogP contribution in [0, 0.1) is 12.3 Å². The number of rotatable bonds is 7. The predicted octanol–water partition coefficient (Wildman–Crippen LogP) is 3.58. The molecule has 162 valence electrons. The van der Waals surface area contributed by atoms with Gasteiger partial charge in [0.2, 0.25) is 17.8 Å². The van der Waals surface area contributed by atoms with E-state index in [-0.39, 0.29) is 23.9 Å². The third-order valence-electron chi connectivity index (χ3n) is 5.94. The molecule has 1 heterocycles. The van der Waals surface area contributed by atoms with Crippen molar-refractivity contribution in [2.24, 2.45) is 0 Å². The molecule has 2 unspecified atom stereocenters. The molecule has 1 amide bonds. The van der Waals surface area contributed by atoms with Crippen molar-refractivity contribution in [1.29, 1.82) is 0 Å². The molecule has 2 aliphatic rings. The molecule has 0 bridgehead atoms. The van der Waals surface area contributed by atoms with E-state index in [0.29, 0.717) is 23.4 Å². The number of carbonyl (C=O) groups excluding carboxylic acids is 1. The van der Waals surface area contributed by atoms with Crippen molar-refractivity contribution in [3.8, 4) is 12.3 Å². The molecule has 31 heavy (non-hydrogen) atoms. The molecular weight excluding hydrogens is 408 g/mol. The van der Waals surface area contributed by atoms with Crippen molar-refractivity contribution in [3.63, 3.8) is 0 Å². The Morgan fingerprint density at radius 3 is 2.55 bits per heavy atom. The number of thioether (sulfide) groups is 1. The summed E-state index contributed by atoms with van der Waals surface area (Å²) in [5.74, 6) is 5.43. The van der Waals surface area contributed by atoms with Crippen molar-refractivity contribution in [2.75, 3.05) is 22.6 Å². The molecule has 2 aliphatic carbocycles. The highest BCUT2D eigenvalue weighted by atomic mass is 32.2. The summed E-state index contributed by atoms with van der Waals surface area (Å²) in [6, 6.07) is 8.25. The first-order valence-electron chi connectivity index (χ1n) is 10.8. The van der Waals surface area contributed by atoms with Gasteiger partial charge in [0.15, 0.2) is 0 Å². The Morgan fingerprint density at radius 2 is 1.81 bits per heavy atom. The first kappa shape index (κ1) is 21.4. The number of nitrogen functional groups attached to an aromatic ring is 1. The smallest absolute Gasteiger partial charge is 0.230 e. The molecule has 1 aromatic carbocycles. The van der Waals surface area contributed by atoms with Crippen LogP contribution in [0.5, 0.6) is 0 Å². The number of carbonyl (C=O) groups is 1. The van der Waals surface area contributed by atoms with Crippen LogP contribution >= 0.6 is 11.8 Å². The highest BCUT2D eigenvalue weighted by Crippen LogP contribution is 2.38. The average Bonchev–Trinajstić information content (AvgIpc) is 3.30. The summed E-state index contributed by atoms with van der Waals surface area (Å²) in [7, 11) is 0. The lowest BCUT2D eigenvalue weighted by atomic mass is 9.84. The molecule has 2 atom stereocenters. The number of aromatic nitrogens is 3. The molecule has 4 N–H and O–H groups in total. The normalized spacial score (nSPS) is 20.6. The molecule has 1 saturated carbocycles. The van der Waals surface area contributed by atoms with E-state index in [2.05, 4.69) is 43.6 Å². The highest BCUT2D eigenvalue weighted by molar-refractivity contribution is 8.00. The second-order valence-electron chi connectivity index (χ2n) is 8.08. The van der Waals surface area contributed by atoms with Crippen LogP contribution in [0.3, 0.4) is 0 Å². The minimum absolute atomic E-state index is 0.00865. The Hall–Kier alpha value is -2.79. The van der Waals surface area contributed by atoms with Crippen LogP contribution in [0.25, 0.3) is 0 Å². The van der Waals surface area contributed by atoms with Gasteiger partial charge in [0.05, 0.1) is 23.6 Å². The summed E-state index contributed by atoms with van der Waals surface area (Å²) < 4.78 is 0. The van der Waals surface area contributed by atoms with Gasteiger partial charge in [-0.1, -0.05) is 43.0 Å². The van der Waals surface area contributed by atoms with Gasteiger partial charge < -0.3 is 16.4 Å². The van der Waals surface area contributed by atoms with Crippen molar-refractivity contribution in [3.05, 3.63) is 41.2 Å². The van der Waals surface area contributed by atoms with Gasteiger partial charge in [-0.05, 0) is 36.8 Å². The largest absolute Gasteiger partial charge is 0.368 e. The third-order valence-corrected chi connectivity index (χ3v) is 6.78. The summed E-state index contributed by atoms with van der Waals surface area (Å²) in [6.07, 6.45) is 11.6. The standard InChI is InChI=1S/C23H28N6OS/c1-2-13-31-14-20(30)25-18-11-12-19(17-10-6-5-9-16(17)18)26-23-28-21(27-22(24)29-23)15-7-3-4-8-15/h1,5-6,9-10,15,18-19H,3-4,7-8,11-14H2,(H,25,30)(H3,24,26,27,28,29). The molecule has 0 saturated heterocycles. The molecular formula is C23H28N6OS. The zero-order valence-corrected chi connectivity index (χ0v) is 18.3. The molecule has 0 spiro atoms. The first-order valence-corrected chi connectivity index (χ1v) is 12.0. The topological polar surface area (TPSA) is 106 Å². The quantitative estimate of drug-likeness (QED) is 0.450. The van der Waals surface area contributed by atoms with Crippen LogP contribution in [0.15, 0.2) is 24.3 Å². The van der Waals surface area contributed by atoms with E-state index in [1.54, 1.807) is 0 Å². The maximum atomic E-state index is 12.3. The molecule has 7 nitrogen and oxygen atoms in total. The summed E-state index contributed by atoms with van der Waals surface area (Å²) in [5, 5.41) is 6.63. The summed E-state index contributed by atoms with van der Waals surface area (Å²) in [6.45, 7) is 0. The van der Waals surface area contributed by atoms with Gasteiger partial charge in [0.1, 0.15) is 5.82 Å². The van der Waals surface area contributed by atoms with Gasteiger partial charge in [-0.25, -0.2) is 0 Å². The maximum Gasteiger partial charge on any atom is 0.230 e. The Kier molecular flexibility index (Phi) is 6.92. The number of anilines is 2. The molecule has 2 aromatic rings. The zero-order chi connectivity index (χ0) is 21.6. The van der Waals surface area contributed by atoms with Gasteiger partial charge in [0, 0.05) is 5.92 Å². The lowest BCUT2D eigenvalue weighted by molar-refractivity contribution is -0.119. The SMILES string of the molecule is C#CCSCC(=O)NC1CCC(Nc2nc(N)nc(C3CCCC3)n2)c2ccccc21. The molecule has 4 rings (SSSR count). The lowest BCUT2D eigenvalue weighted by Gasteiger charge is -2.32. The number of fused-ring (bicyclic) bond motifs is 1. The van der Waals surface area contributed by atoms with E-state index >= 15 is 0 Å². The van der Waals surface area contributed by atoms with Crippen LogP contribution in [-0.4, -0.2) is 32.4 Å². The Bertz CT molecular complexity index is 969. The van der Waals surface area contributed by atoms with Gasteiger partial charge in [-0.15, -0.1) is 18.2 Å². The fraction of sp³-hybridized carbons (Fsp3) is 0.478. The number of nitrogens with two attached hydrogens (primary N) is 1. The van der Waals surface area contributed by atoms with Crippen LogP contribution < -0.4 is 16.4 Å². The fourth-order valence-electron chi connectivity index (χ4n) is 4.52. The predicted molar refractivity (Wildman–Crippen MR) is 125 cm³/mol. The van der Waals surface area contributed by atoms with E-state index in [4.69, 9.17) is 12.2 Å². The van der Waals surface area contributed by atoms with Gasteiger partial charge in [-0.2, -0.15) is 15.0 Å². The summed E-state index contributed by atoms with van der Waals surface area (Å²) >= 11 is 1.45.